The Hall–Kier alpha value is -1.35. The monoisotopic (exact) mass is 234 g/mol. The first-order valence-electron chi connectivity index (χ1n) is 6.00. The van der Waals surface area contributed by atoms with Crippen LogP contribution in [0.2, 0.25) is 0 Å². The predicted molar refractivity (Wildman–Crippen MR) is 71.9 cm³/mol. The van der Waals surface area contributed by atoms with E-state index in [0.29, 0.717) is 0 Å². The summed E-state index contributed by atoms with van der Waals surface area (Å²) in [4.78, 5) is 12.0. The molecule has 0 saturated carbocycles. The van der Waals surface area contributed by atoms with Gasteiger partial charge in [0.2, 0.25) is 5.91 Å². The van der Waals surface area contributed by atoms with E-state index in [1.165, 1.54) is 0 Å². The normalized spacial score (nSPS) is 13.2. The molecule has 0 bridgehead atoms. The zero-order valence-corrected chi connectivity index (χ0v) is 11.1. The number of amides is 1. The van der Waals surface area contributed by atoms with Crippen molar-refractivity contribution in [3.8, 4) is 0 Å². The van der Waals surface area contributed by atoms with E-state index in [4.69, 9.17) is 5.73 Å². The van der Waals surface area contributed by atoms with Gasteiger partial charge in [-0.15, -0.1) is 0 Å². The third kappa shape index (κ3) is 3.56. The van der Waals surface area contributed by atoms with Gasteiger partial charge < -0.3 is 11.1 Å². The molecule has 3 heteroatoms. The van der Waals surface area contributed by atoms with Crippen LogP contribution in [0.3, 0.4) is 0 Å². The Morgan fingerprint density at radius 3 is 2.47 bits per heavy atom. The standard InChI is InChI=1S/C14H22N2O/c1-5-10-8-6-7-9-11(10)16-13(17)12(15)14(2,3)4/h6-9,12H,5,15H2,1-4H3,(H,16,17)/t12-/m0/s1. The number of nitrogens with two attached hydrogens (primary N) is 1. The van der Waals surface area contributed by atoms with E-state index in [-0.39, 0.29) is 11.3 Å². The lowest BCUT2D eigenvalue weighted by Crippen LogP contribution is -2.45. The molecule has 1 aromatic carbocycles. The average molecular weight is 234 g/mol. The van der Waals surface area contributed by atoms with E-state index >= 15 is 0 Å². The van der Waals surface area contributed by atoms with E-state index < -0.39 is 6.04 Å². The smallest absolute Gasteiger partial charge is 0.241 e. The summed E-state index contributed by atoms with van der Waals surface area (Å²) >= 11 is 0. The summed E-state index contributed by atoms with van der Waals surface area (Å²) in [6, 6.07) is 7.30. The molecule has 0 spiro atoms. The van der Waals surface area contributed by atoms with E-state index in [2.05, 4.69) is 12.2 Å². The van der Waals surface area contributed by atoms with Gasteiger partial charge >= 0.3 is 0 Å². The topological polar surface area (TPSA) is 55.1 Å². The maximum absolute atomic E-state index is 12.0. The van der Waals surface area contributed by atoms with Crippen molar-refractivity contribution in [3.63, 3.8) is 0 Å². The molecule has 0 aliphatic heterocycles. The fraction of sp³-hybridized carbons (Fsp3) is 0.500. The predicted octanol–water partition coefficient (Wildman–Crippen LogP) is 2.56. The Labute approximate surface area is 103 Å². The number of aryl methyl sites for hydroxylation is 1. The molecular weight excluding hydrogens is 212 g/mol. The minimum Gasteiger partial charge on any atom is -0.324 e. The molecule has 0 heterocycles. The molecule has 0 radical (unpaired) electrons. The van der Waals surface area contributed by atoms with Gasteiger partial charge in [-0.3, -0.25) is 4.79 Å². The van der Waals surface area contributed by atoms with Crippen LogP contribution in [0.15, 0.2) is 24.3 Å². The molecule has 17 heavy (non-hydrogen) atoms. The second-order valence-corrected chi connectivity index (χ2v) is 5.34. The van der Waals surface area contributed by atoms with Gasteiger partial charge in [0.15, 0.2) is 0 Å². The SMILES string of the molecule is CCc1ccccc1NC(=O)[C@H](N)C(C)(C)C. The summed E-state index contributed by atoms with van der Waals surface area (Å²) in [5.41, 5.74) is 7.68. The van der Waals surface area contributed by atoms with E-state index in [1.807, 2.05) is 45.0 Å². The molecule has 0 saturated heterocycles. The zero-order chi connectivity index (χ0) is 13.1. The van der Waals surface area contributed by atoms with Gasteiger partial charge in [0.25, 0.3) is 0 Å². The molecule has 3 nitrogen and oxygen atoms in total. The second kappa shape index (κ2) is 5.32. The number of anilines is 1. The van der Waals surface area contributed by atoms with Crippen molar-refractivity contribution in [3.05, 3.63) is 29.8 Å². The first-order valence-corrected chi connectivity index (χ1v) is 6.00. The van der Waals surface area contributed by atoms with Crippen LogP contribution in [0.4, 0.5) is 5.69 Å². The van der Waals surface area contributed by atoms with Crippen LogP contribution >= 0.6 is 0 Å². The van der Waals surface area contributed by atoms with Crippen molar-refractivity contribution in [2.24, 2.45) is 11.1 Å². The quantitative estimate of drug-likeness (QED) is 0.844. The van der Waals surface area contributed by atoms with E-state index in [0.717, 1.165) is 17.7 Å². The average Bonchev–Trinajstić information content (AvgIpc) is 2.27. The van der Waals surface area contributed by atoms with Crippen molar-refractivity contribution < 1.29 is 4.79 Å². The maximum Gasteiger partial charge on any atom is 0.241 e. The fourth-order valence-electron chi connectivity index (χ4n) is 1.55. The first kappa shape index (κ1) is 13.7. The highest BCUT2D eigenvalue weighted by molar-refractivity contribution is 5.95. The van der Waals surface area contributed by atoms with Crippen LogP contribution in [0.25, 0.3) is 0 Å². The molecule has 0 unspecified atom stereocenters. The fourth-order valence-corrected chi connectivity index (χ4v) is 1.55. The molecule has 0 aliphatic rings. The van der Waals surface area contributed by atoms with Gasteiger partial charge in [-0.1, -0.05) is 45.9 Å². The molecule has 0 fully saturated rings. The first-order chi connectivity index (χ1) is 7.86. The molecule has 1 rings (SSSR count). The number of nitrogens with one attached hydrogen (secondary N) is 1. The number of carbonyl (C=O) groups is 1. The van der Waals surface area contributed by atoms with Crippen molar-refractivity contribution in [1.29, 1.82) is 0 Å². The van der Waals surface area contributed by atoms with Gasteiger partial charge in [-0.2, -0.15) is 0 Å². The van der Waals surface area contributed by atoms with Crippen LogP contribution in [0, 0.1) is 5.41 Å². The van der Waals surface area contributed by atoms with Crippen molar-refractivity contribution in [1.82, 2.24) is 0 Å². The lowest BCUT2D eigenvalue weighted by Gasteiger charge is -2.26. The molecule has 3 N–H and O–H groups in total. The highest BCUT2D eigenvalue weighted by Gasteiger charge is 2.27. The van der Waals surface area contributed by atoms with Crippen molar-refractivity contribution in [2.45, 2.75) is 40.2 Å². The summed E-state index contributed by atoms with van der Waals surface area (Å²) in [6.45, 7) is 7.95. The Morgan fingerprint density at radius 1 is 1.35 bits per heavy atom. The maximum atomic E-state index is 12.0. The van der Waals surface area contributed by atoms with Gasteiger partial charge in [-0.05, 0) is 23.5 Å². The summed E-state index contributed by atoms with van der Waals surface area (Å²) in [7, 11) is 0. The molecule has 1 atom stereocenters. The van der Waals surface area contributed by atoms with Crippen molar-refractivity contribution >= 4 is 11.6 Å². The molecule has 0 aromatic heterocycles. The van der Waals surface area contributed by atoms with Gasteiger partial charge in [-0.25, -0.2) is 0 Å². The summed E-state index contributed by atoms with van der Waals surface area (Å²) in [5.74, 6) is -0.126. The lowest BCUT2D eigenvalue weighted by atomic mass is 9.87. The number of hydrogen-bond donors (Lipinski definition) is 2. The summed E-state index contributed by atoms with van der Waals surface area (Å²) in [6.07, 6.45) is 0.890. The Kier molecular flexibility index (Phi) is 4.29. The van der Waals surface area contributed by atoms with Gasteiger partial charge in [0.1, 0.15) is 0 Å². The number of para-hydroxylation sites is 1. The number of carbonyl (C=O) groups excluding carboxylic acids is 1. The molecular formula is C14H22N2O. The molecule has 1 aromatic rings. The van der Waals surface area contributed by atoms with Crippen LogP contribution < -0.4 is 11.1 Å². The number of rotatable bonds is 3. The van der Waals surface area contributed by atoms with Crippen LogP contribution in [-0.4, -0.2) is 11.9 Å². The van der Waals surface area contributed by atoms with Gasteiger partial charge in [0.05, 0.1) is 6.04 Å². The van der Waals surface area contributed by atoms with E-state index in [1.54, 1.807) is 0 Å². The summed E-state index contributed by atoms with van der Waals surface area (Å²) in [5, 5.41) is 2.90. The minimum atomic E-state index is -0.507. The van der Waals surface area contributed by atoms with Crippen LogP contribution in [0.1, 0.15) is 33.3 Å². The molecule has 94 valence electrons. The Balaban J connectivity index is 2.81. The van der Waals surface area contributed by atoms with Gasteiger partial charge in [0, 0.05) is 5.69 Å². The van der Waals surface area contributed by atoms with E-state index in [9.17, 15) is 4.79 Å². The number of benzene rings is 1. The third-order valence-electron chi connectivity index (χ3n) is 2.87. The molecule has 0 aliphatic carbocycles. The van der Waals surface area contributed by atoms with Crippen molar-refractivity contribution in [2.75, 3.05) is 5.32 Å². The number of hydrogen-bond acceptors (Lipinski definition) is 2. The zero-order valence-electron chi connectivity index (χ0n) is 11.1. The third-order valence-corrected chi connectivity index (χ3v) is 2.87. The summed E-state index contributed by atoms with van der Waals surface area (Å²) < 4.78 is 0. The van der Waals surface area contributed by atoms with Crippen LogP contribution in [0.5, 0.6) is 0 Å². The van der Waals surface area contributed by atoms with Crippen LogP contribution in [-0.2, 0) is 11.2 Å². The highest BCUT2D eigenvalue weighted by atomic mass is 16.2. The largest absolute Gasteiger partial charge is 0.324 e. The Bertz CT molecular complexity index is 393. The Morgan fingerprint density at radius 2 is 1.94 bits per heavy atom. The highest BCUT2D eigenvalue weighted by Crippen LogP contribution is 2.20. The lowest BCUT2D eigenvalue weighted by molar-refractivity contribution is -0.119. The second-order valence-electron chi connectivity index (χ2n) is 5.34. The minimum absolute atomic E-state index is 0.126. The molecule has 1 amide bonds.